The largest absolute Gasteiger partial charge is 0.397 e. The molecule has 1 aliphatic carbocycles. The third-order valence-corrected chi connectivity index (χ3v) is 5.19. The highest BCUT2D eigenvalue weighted by Gasteiger charge is 2.24. The molecule has 0 bridgehead atoms. The normalized spacial score (nSPS) is 19.6. The average molecular weight is 280 g/mol. The van der Waals surface area contributed by atoms with Gasteiger partial charge in [-0.3, -0.25) is 0 Å². The Bertz CT molecular complexity index is 606. The van der Waals surface area contributed by atoms with Gasteiger partial charge < -0.3 is 5.73 Å². The number of aryl methyl sites for hydroxylation is 2. The Labute approximate surface area is 114 Å². The van der Waals surface area contributed by atoms with Crippen LogP contribution in [0.15, 0.2) is 29.2 Å². The summed E-state index contributed by atoms with van der Waals surface area (Å²) in [5.41, 5.74) is 7.76. The topological polar surface area (TPSA) is 72.2 Å². The lowest BCUT2D eigenvalue weighted by molar-refractivity contribution is 0.522. The molecule has 5 heteroatoms. The fourth-order valence-corrected chi connectivity index (χ4v) is 4.06. The second-order valence-corrected chi connectivity index (χ2v) is 6.70. The molecule has 1 aliphatic rings. The van der Waals surface area contributed by atoms with Crippen LogP contribution in [0.5, 0.6) is 0 Å². The quantitative estimate of drug-likeness (QED) is 0.659. The van der Waals surface area contributed by atoms with E-state index in [1.165, 1.54) is 0 Å². The molecule has 0 radical (unpaired) electrons. The molecule has 0 spiro atoms. The van der Waals surface area contributed by atoms with Gasteiger partial charge in [-0.25, -0.2) is 13.1 Å². The van der Waals surface area contributed by atoms with E-state index in [-0.39, 0.29) is 10.9 Å². The van der Waals surface area contributed by atoms with E-state index >= 15 is 0 Å². The minimum atomic E-state index is -3.55. The molecule has 0 aliphatic heterocycles. The van der Waals surface area contributed by atoms with Gasteiger partial charge in [0.1, 0.15) is 4.90 Å². The first-order valence-corrected chi connectivity index (χ1v) is 7.93. The zero-order valence-electron chi connectivity index (χ0n) is 11.3. The van der Waals surface area contributed by atoms with Crippen LogP contribution in [0.1, 0.15) is 30.4 Å². The third kappa shape index (κ3) is 2.98. The zero-order valence-corrected chi connectivity index (χ0v) is 12.1. The lowest BCUT2D eigenvalue weighted by atomic mass is 10.0. The molecule has 104 valence electrons. The summed E-state index contributed by atoms with van der Waals surface area (Å²) in [5, 5.41) is 0. The van der Waals surface area contributed by atoms with Gasteiger partial charge >= 0.3 is 0 Å². The maximum atomic E-state index is 12.5. The summed E-state index contributed by atoms with van der Waals surface area (Å²) in [7, 11) is -3.55. The predicted molar refractivity (Wildman–Crippen MR) is 77.4 cm³/mol. The monoisotopic (exact) mass is 280 g/mol. The van der Waals surface area contributed by atoms with Crippen LogP contribution in [-0.4, -0.2) is 14.5 Å². The van der Waals surface area contributed by atoms with Crippen molar-refractivity contribution in [2.75, 3.05) is 5.73 Å². The summed E-state index contributed by atoms with van der Waals surface area (Å²) in [6, 6.07) is 3.60. The number of nitrogens with one attached hydrogen (secondary N) is 1. The number of allylic oxidation sites excluding steroid dienone is 1. The molecule has 1 aromatic carbocycles. The van der Waals surface area contributed by atoms with Gasteiger partial charge in [-0.1, -0.05) is 24.3 Å². The minimum absolute atomic E-state index is 0.0330. The van der Waals surface area contributed by atoms with E-state index in [0.717, 1.165) is 24.8 Å². The first-order chi connectivity index (χ1) is 8.92. The summed E-state index contributed by atoms with van der Waals surface area (Å²) in [6.07, 6.45) is 6.58. The van der Waals surface area contributed by atoms with Gasteiger partial charge in [0.15, 0.2) is 0 Å². The van der Waals surface area contributed by atoms with Crippen molar-refractivity contribution in [1.82, 2.24) is 4.72 Å². The smallest absolute Gasteiger partial charge is 0.243 e. The number of hydrogen-bond donors (Lipinski definition) is 2. The Morgan fingerprint density at radius 1 is 1.21 bits per heavy atom. The standard InChI is InChI=1S/C14H20N2O2S/c1-10-8-9-11(2)14(13(10)15)19(17,18)16-12-6-4-3-5-7-12/h3-4,8-9,12,16H,5-7,15H2,1-2H3. The third-order valence-electron chi connectivity index (χ3n) is 3.47. The van der Waals surface area contributed by atoms with E-state index < -0.39 is 10.0 Å². The number of benzene rings is 1. The summed E-state index contributed by atoms with van der Waals surface area (Å²) < 4.78 is 27.7. The Hall–Kier alpha value is -1.33. The Balaban J connectivity index is 2.34. The second-order valence-electron chi connectivity index (χ2n) is 5.04. The van der Waals surface area contributed by atoms with Crippen LogP contribution in [-0.2, 0) is 10.0 Å². The predicted octanol–water partition coefficient (Wildman–Crippen LogP) is 2.27. The number of sulfonamides is 1. The van der Waals surface area contributed by atoms with Crippen molar-refractivity contribution >= 4 is 15.7 Å². The molecule has 0 amide bonds. The average Bonchev–Trinajstić information content (AvgIpc) is 2.35. The minimum Gasteiger partial charge on any atom is -0.397 e. The molecule has 1 atom stereocenters. The fourth-order valence-electron chi connectivity index (χ4n) is 2.34. The number of nitrogen functional groups attached to an aromatic ring is 1. The summed E-state index contributed by atoms with van der Waals surface area (Å²) in [4.78, 5) is 0.224. The lowest BCUT2D eigenvalue weighted by Gasteiger charge is -2.21. The second kappa shape index (κ2) is 5.35. The summed E-state index contributed by atoms with van der Waals surface area (Å²) in [6.45, 7) is 3.59. The first-order valence-electron chi connectivity index (χ1n) is 6.45. The number of rotatable bonds is 3. The van der Waals surface area contributed by atoms with E-state index in [0.29, 0.717) is 11.3 Å². The van der Waals surface area contributed by atoms with Gasteiger partial charge in [-0.15, -0.1) is 0 Å². The fraction of sp³-hybridized carbons (Fsp3) is 0.429. The molecule has 4 nitrogen and oxygen atoms in total. The summed E-state index contributed by atoms with van der Waals surface area (Å²) in [5.74, 6) is 0. The van der Waals surface area contributed by atoms with Gasteiger partial charge in [0.05, 0.1) is 5.69 Å². The van der Waals surface area contributed by atoms with E-state index in [1.54, 1.807) is 13.0 Å². The number of anilines is 1. The Morgan fingerprint density at radius 3 is 2.53 bits per heavy atom. The molecule has 1 aromatic rings. The van der Waals surface area contributed by atoms with Crippen molar-refractivity contribution < 1.29 is 8.42 Å². The van der Waals surface area contributed by atoms with Gasteiger partial charge in [0.2, 0.25) is 10.0 Å². The van der Waals surface area contributed by atoms with Crippen molar-refractivity contribution in [3.05, 3.63) is 35.4 Å². The molecule has 0 saturated carbocycles. The van der Waals surface area contributed by atoms with Crippen LogP contribution in [0.25, 0.3) is 0 Å². The van der Waals surface area contributed by atoms with Crippen molar-refractivity contribution in [3.8, 4) is 0 Å². The highest BCUT2D eigenvalue weighted by molar-refractivity contribution is 7.89. The molecular formula is C14H20N2O2S. The maximum absolute atomic E-state index is 12.5. The molecule has 2 rings (SSSR count). The number of nitrogens with two attached hydrogens (primary N) is 1. The van der Waals surface area contributed by atoms with Gasteiger partial charge in [0.25, 0.3) is 0 Å². The van der Waals surface area contributed by atoms with Crippen LogP contribution in [0.3, 0.4) is 0 Å². The Kier molecular flexibility index (Phi) is 3.96. The van der Waals surface area contributed by atoms with Crippen molar-refractivity contribution in [2.24, 2.45) is 0 Å². The van der Waals surface area contributed by atoms with Crippen LogP contribution in [0.2, 0.25) is 0 Å². The number of hydrogen-bond acceptors (Lipinski definition) is 3. The van der Waals surface area contributed by atoms with E-state index in [4.69, 9.17) is 5.73 Å². The molecule has 19 heavy (non-hydrogen) atoms. The molecule has 0 fully saturated rings. The van der Waals surface area contributed by atoms with Crippen molar-refractivity contribution in [2.45, 2.75) is 44.0 Å². The summed E-state index contributed by atoms with van der Waals surface area (Å²) >= 11 is 0. The van der Waals surface area contributed by atoms with Gasteiger partial charge in [0, 0.05) is 6.04 Å². The molecule has 1 unspecified atom stereocenters. The molecule has 0 aromatic heterocycles. The van der Waals surface area contributed by atoms with Crippen LogP contribution >= 0.6 is 0 Å². The van der Waals surface area contributed by atoms with Crippen LogP contribution in [0.4, 0.5) is 5.69 Å². The molecule has 3 N–H and O–H groups in total. The molecular weight excluding hydrogens is 260 g/mol. The van der Waals surface area contributed by atoms with Crippen molar-refractivity contribution in [3.63, 3.8) is 0 Å². The van der Waals surface area contributed by atoms with E-state index in [2.05, 4.69) is 10.8 Å². The maximum Gasteiger partial charge on any atom is 0.243 e. The lowest BCUT2D eigenvalue weighted by Crippen LogP contribution is -2.36. The SMILES string of the molecule is Cc1ccc(C)c(S(=O)(=O)NC2CC=CCC2)c1N. The van der Waals surface area contributed by atoms with Crippen LogP contribution in [0, 0.1) is 13.8 Å². The van der Waals surface area contributed by atoms with E-state index in [9.17, 15) is 8.42 Å². The first kappa shape index (κ1) is 14.1. The van der Waals surface area contributed by atoms with Gasteiger partial charge in [-0.2, -0.15) is 0 Å². The van der Waals surface area contributed by atoms with Crippen molar-refractivity contribution in [1.29, 1.82) is 0 Å². The van der Waals surface area contributed by atoms with E-state index in [1.807, 2.05) is 19.1 Å². The van der Waals surface area contributed by atoms with Gasteiger partial charge in [-0.05, 0) is 44.2 Å². The molecule has 0 saturated heterocycles. The highest BCUT2D eigenvalue weighted by Crippen LogP contribution is 2.26. The van der Waals surface area contributed by atoms with Crippen LogP contribution < -0.4 is 10.5 Å². The Morgan fingerprint density at radius 2 is 1.89 bits per heavy atom. The zero-order chi connectivity index (χ0) is 14.0. The highest BCUT2D eigenvalue weighted by atomic mass is 32.2. The molecule has 0 heterocycles.